The van der Waals surface area contributed by atoms with Crippen LogP contribution >= 0.6 is 35.0 Å². The average molecular weight is 317 g/mol. The van der Waals surface area contributed by atoms with Crippen LogP contribution in [0.25, 0.3) is 0 Å². The van der Waals surface area contributed by atoms with E-state index in [1.165, 1.54) is 23.9 Å². The molecule has 0 saturated carbocycles. The fourth-order valence-corrected chi connectivity index (χ4v) is 2.83. The van der Waals surface area contributed by atoms with Crippen molar-refractivity contribution in [1.29, 1.82) is 0 Å². The zero-order valence-corrected chi connectivity index (χ0v) is 12.4. The molecule has 1 heterocycles. The maximum absolute atomic E-state index is 13.1. The third-order valence-electron chi connectivity index (χ3n) is 2.25. The van der Waals surface area contributed by atoms with Gasteiger partial charge in [0.15, 0.2) is 0 Å². The topological polar surface area (TPSA) is 24.9 Å². The van der Waals surface area contributed by atoms with Gasteiger partial charge in [0.25, 0.3) is 0 Å². The molecule has 0 radical (unpaired) electrons. The van der Waals surface area contributed by atoms with Crippen molar-refractivity contribution in [2.75, 3.05) is 11.9 Å². The van der Waals surface area contributed by atoms with Gasteiger partial charge in [-0.1, -0.05) is 41.0 Å². The first-order valence-electron chi connectivity index (χ1n) is 5.63. The minimum atomic E-state index is -0.290. The van der Waals surface area contributed by atoms with E-state index >= 15 is 0 Å². The summed E-state index contributed by atoms with van der Waals surface area (Å²) in [5, 5.41) is 4.56. The van der Waals surface area contributed by atoms with Crippen molar-refractivity contribution in [3.8, 4) is 0 Å². The molecule has 0 aliphatic carbocycles. The van der Waals surface area contributed by atoms with Crippen molar-refractivity contribution in [1.82, 2.24) is 4.98 Å². The van der Waals surface area contributed by atoms with Crippen molar-refractivity contribution >= 4 is 40.8 Å². The molecule has 2 nitrogen and oxygen atoms in total. The van der Waals surface area contributed by atoms with Gasteiger partial charge in [-0.2, -0.15) is 0 Å². The van der Waals surface area contributed by atoms with Crippen molar-refractivity contribution in [3.63, 3.8) is 0 Å². The number of halogens is 3. The summed E-state index contributed by atoms with van der Waals surface area (Å²) in [5.74, 6) is 0.287. The number of hydrogen-bond donors (Lipinski definition) is 1. The Bertz CT molecular complexity index is 593. The third kappa shape index (κ3) is 3.75. The van der Waals surface area contributed by atoms with E-state index in [0.29, 0.717) is 27.4 Å². The lowest BCUT2D eigenvalue weighted by molar-refractivity contribution is 0.624. The molecule has 0 spiro atoms. The minimum Gasteiger partial charge on any atom is -0.369 e. The molecule has 0 aliphatic rings. The SMILES string of the molecule is CCNc1nc(Sc2cccc(F)c2)c(Cl)cc1Cl. The molecule has 6 heteroatoms. The lowest BCUT2D eigenvalue weighted by Crippen LogP contribution is -2.00. The van der Waals surface area contributed by atoms with Crippen LogP contribution in [0.3, 0.4) is 0 Å². The van der Waals surface area contributed by atoms with Crippen molar-refractivity contribution in [3.05, 3.63) is 46.2 Å². The number of anilines is 1. The van der Waals surface area contributed by atoms with Gasteiger partial charge in [0.1, 0.15) is 16.7 Å². The molecule has 2 aromatic rings. The number of nitrogens with zero attached hydrogens (tertiary/aromatic N) is 1. The number of benzene rings is 1. The van der Waals surface area contributed by atoms with Crippen LogP contribution in [0.4, 0.5) is 10.2 Å². The Balaban J connectivity index is 2.31. The second-order valence-corrected chi connectivity index (χ2v) is 5.57. The van der Waals surface area contributed by atoms with Crippen molar-refractivity contribution in [2.24, 2.45) is 0 Å². The largest absolute Gasteiger partial charge is 0.369 e. The van der Waals surface area contributed by atoms with Gasteiger partial charge in [-0.25, -0.2) is 9.37 Å². The molecule has 100 valence electrons. The van der Waals surface area contributed by atoms with E-state index in [0.717, 1.165) is 4.90 Å². The van der Waals surface area contributed by atoms with Crippen LogP contribution in [0, 0.1) is 5.82 Å². The van der Waals surface area contributed by atoms with E-state index < -0.39 is 0 Å². The normalized spacial score (nSPS) is 10.5. The smallest absolute Gasteiger partial charge is 0.146 e. The zero-order valence-electron chi connectivity index (χ0n) is 10.1. The highest BCUT2D eigenvalue weighted by atomic mass is 35.5. The van der Waals surface area contributed by atoms with Crippen LogP contribution < -0.4 is 5.32 Å². The van der Waals surface area contributed by atoms with E-state index in [4.69, 9.17) is 23.2 Å². The summed E-state index contributed by atoms with van der Waals surface area (Å²) in [6.07, 6.45) is 0. The van der Waals surface area contributed by atoms with Crippen LogP contribution in [0.15, 0.2) is 40.3 Å². The Hall–Kier alpha value is -0.970. The lowest BCUT2D eigenvalue weighted by atomic mass is 10.4. The summed E-state index contributed by atoms with van der Waals surface area (Å²) in [7, 11) is 0. The highest BCUT2D eigenvalue weighted by Crippen LogP contribution is 2.35. The van der Waals surface area contributed by atoms with E-state index in [2.05, 4.69) is 10.3 Å². The Morgan fingerprint density at radius 3 is 2.74 bits per heavy atom. The standard InChI is InChI=1S/C13H11Cl2FN2S/c1-2-17-12-10(14)7-11(15)13(18-12)19-9-5-3-4-8(16)6-9/h3-7H,2H2,1H3,(H,17,18). The summed E-state index contributed by atoms with van der Waals surface area (Å²) in [6.45, 7) is 2.66. The Morgan fingerprint density at radius 2 is 2.05 bits per heavy atom. The van der Waals surface area contributed by atoms with Crippen LogP contribution in [0.5, 0.6) is 0 Å². The van der Waals surface area contributed by atoms with Gasteiger partial charge in [-0.05, 0) is 31.2 Å². The van der Waals surface area contributed by atoms with Gasteiger partial charge in [0.05, 0.1) is 10.0 Å². The summed E-state index contributed by atoms with van der Waals surface area (Å²) in [4.78, 5) is 5.09. The van der Waals surface area contributed by atoms with Crippen LogP contribution in [-0.4, -0.2) is 11.5 Å². The van der Waals surface area contributed by atoms with Gasteiger partial charge >= 0.3 is 0 Å². The van der Waals surface area contributed by atoms with Gasteiger partial charge < -0.3 is 5.32 Å². The average Bonchev–Trinajstić information content (AvgIpc) is 2.35. The molecule has 1 aromatic carbocycles. The first-order chi connectivity index (χ1) is 9.10. The van der Waals surface area contributed by atoms with E-state index in [1.54, 1.807) is 18.2 Å². The summed E-state index contributed by atoms with van der Waals surface area (Å²) >= 11 is 13.4. The first-order valence-corrected chi connectivity index (χ1v) is 7.20. The fraction of sp³-hybridized carbons (Fsp3) is 0.154. The monoisotopic (exact) mass is 316 g/mol. The number of aromatic nitrogens is 1. The fourth-order valence-electron chi connectivity index (χ4n) is 1.45. The van der Waals surface area contributed by atoms with E-state index in [9.17, 15) is 4.39 Å². The number of hydrogen-bond acceptors (Lipinski definition) is 3. The molecule has 19 heavy (non-hydrogen) atoms. The van der Waals surface area contributed by atoms with E-state index in [-0.39, 0.29) is 5.82 Å². The molecule has 0 amide bonds. The number of nitrogens with one attached hydrogen (secondary N) is 1. The van der Waals surface area contributed by atoms with E-state index in [1.807, 2.05) is 6.92 Å². The lowest BCUT2D eigenvalue weighted by Gasteiger charge is -2.09. The quantitative estimate of drug-likeness (QED) is 0.848. The van der Waals surface area contributed by atoms with Gasteiger partial charge in [-0.15, -0.1) is 0 Å². The molecule has 0 fully saturated rings. The zero-order chi connectivity index (χ0) is 13.8. The summed E-state index contributed by atoms with van der Waals surface area (Å²) in [5.41, 5.74) is 0. The molecule has 0 unspecified atom stereocenters. The maximum atomic E-state index is 13.1. The molecular weight excluding hydrogens is 306 g/mol. The number of pyridine rings is 1. The van der Waals surface area contributed by atoms with Crippen LogP contribution in [0.2, 0.25) is 10.0 Å². The van der Waals surface area contributed by atoms with Crippen LogP contribution in [0.1, 0.15) is 6.92 Å². The maximum Gasteiger partial charge on any atom is 0.146 e. The molecule has 0 aliphatic heterocycles. The highest BCUT2D eigenvalue weighted by Gasteiger charge is 2.10. The first kappa shape index (κ1) is 14.4. The predicted molar refractivity (Wildman–Crippen MR) is 78.9 cm³/mol. The Kier molecular flexibility index (Phi) is 4.91. The Morgan fingerprint density at radius 1 is 1.26 bits per heavy atom. The molecule has 1 aromatic heterocycles. The Labute approximate surface area is 125 Å². The van der Waals surface area contributed by atoms with Crippen molar-refractivity contribution in [2.45, 2.75) is 16.8 Å². The predicted octanol–water partition coefficient (Wildman–Crippen LogP) is 5.11. The second-order valence-electron chi connectivity index (χ2n) is 3.70. The summed E-state index contributed by atoms with van der Waals surface area (Å²) in [6, 6.07) is 7.91. The molecule has 0 saturated heterocycles. The third-order valence-corrected chi connectivity index (χ3v) is 3.93. The van der Waals surface area contributed by atoms with Gasteiger partial charge in [-0.3, -0.25) is 0 Å². The molecule has 2 rings (SSSR count). The van der Waals surface area contributed by atoms with Crippen LogP contribution in [-0.2, 0) is 0 Å². The molecule has 1 N–H and O–H groups in total. The second kappa shape index (κ2) is 6.46. The van der Waals surface area contributed by atoms with Gasteiger partial charge in [0, 0.05) is 11.4 Å². The highest BCUT2D eigenvalue weighted by molar-refractivity contribution is 7.99. The van der Waals surface area contributed by atoms with Crippen molar-refractivity contribution < 1.29 is 4.39 Å². The molecule has 0 atom stereocenters. The van der Waals surface area contributed by atoms with Gasteiger partial charge in [0.2, 0.25) is 0 Å². The molecular formula is C13H11Cl2FN2S. The minimum absolute atomic E-state index is 0.290. The number of rotatable bonds is 4. The molecule has 0 bridgehead atoms. The summed E-state index contributed by atoms with van der Waals surface area (Å²) < 4.78 is 13.1.